The third-order valence-corrected chi connectivity index (χ3v) is 5.41. The van der Waals surface area contributed by atoms with Gasteiger partial charge in [0.25, 0.3) is 0 Å². The molecule has 0 aromatic heterocycles. The molecule has 1 aromatic rings. The Morgan fingerprint density at radius 3 is 2.18 bits per heavy atom. The molecule has 0 spiro atoms. The maximum atomic E-state index is 11.9. The molecule has 1 aromatic carbocycles. The lowest BCUT2D eigenvalue weighted by Crippen LogP contribution is -2.47. The molecule has 3 amide bonds. The number of ether oxygens (including phenoxy) is 2. The molecule has 0 aliphatic rings. The van der Waals surface area contributed by atoms with E-state index in [0.29, 0.717) is 5.75 Å². The zero-order chi connectivity index (χ0) is 24.9. The average molecular weight is 486 g/mol. The highest BCUT2D eigenvalue weighted by Gasteiger charge is 2.24. The number of carbonyl (C=O) groups excluding carboxylic acids is 4. The fourth-order valence-electron chi connectivity index (χ4n) is 2.24. The van der Waals surface area contributed by atoms with Gasteiger partial charge in [0.15, 0.2) is 0 Å². The van der Waals surface area contributed by atoms with Crippen LogP contribution in [0, 0.1) is 0 Å². The minimum Gasteiger partial charge on any atom is -0.480 e. The summed E-state index contributed by atoms with van der Waals surface area (Å²) in [6, 6.07) is 7.46. The molecule has 1 atom stereocenters. The number of amides is 3. The molecule has 0 aliphatic heterocycles. The molecule has 0 heterocycles. The van der Waals surface area contributed by atoms with E-state index in [1.165, 1.54) is 0 Å². The lowest BCUT2D eigenvalue weighted by atomic mass is 10.2. The van der Waals surface area contributed by atoms with E-state index in [4.69, 9.17) is 9.47 Å². The summed E-state index contributed by atoms with van der Waals surface area (Å²) in [5.41, 5.74) is 0.779. The molecule has 0 unspecified atom stereocenters. The Labute approximate surface area is 193 Å². The maximum Gasteiger partial charge on any atom is 0.407 e. The molecular formula is C21H31N3O8S. The van der Waals surface area contributed by atoms with Crippen molar-refractivity contribution in [1.29, 1.82) is 0 Å². The van der Waals surface area contributed by atoms with Gasteiger partial charge in [-0.05, 0) is 24.3 Å². The van der Waals surface area contributed by atoms with Crippen LogP contribution in [0.15, 0.2) is 30.3 Å². The van der Waals surface area contributed by atoms with Gasteiger partial charge < -0.3 is 30.5 Å². The predicted octanol–water partition coefficient (Wildman–Crippen LogP) is 0.226. The summed E-state index contributed by atoms with van der Waals surface area (Å²) in [7, 11) is -0.863. The molecule has 4 N–H and O–H groups in total. The van der Waals surface area contributed by atoms with E-state index in [1.54, 1.807) is 24.3 Å². The van der Waals surface area contributed by atoms with E-state index in [1.807, 2.05) is 6.07 Å². The smallest absolute Gasteiger partial charge is 0.407 e. The van der Waals surface area contributed by atoms with Crippen LogP contribution in [0.3, 0.4) is 0 Å². The first-order valence-electron chi connectivity index (χ1n) is 10.0. The zero-order valence-corrected chi connectivity index (χ0v) is 19.7. The highest BCUT2D eigenvalue weighted by atomic mass is 32.3. The fourth-order valence-corrected chi connectivity index (χ4v) is 2.83. The topological polar surface area (TPSA) is 160 Å². The summed E-state index contributed by atoms with van der Waals surface area (Å²) in [6.45, 7) is -0.765. The van der Waals surface area contributed by atoms with Crippen LogP contribution in [0.1, 0.15) is 12.0 Å². The number of carbonyl (C=O) groups is 5. The Morgan fingerprint density at radius 2 is 1.58 bits per heavy atom. The van der Waals surface area contributed by atoms with Crippen molar-refractivity contribution in [3.8, 4) is 0 Å². The van der Waals surface area contributed by atoms with Gasteiger partial charge in [0.2, 0.25) is 11.8 Å². The lowest BCUT2D eigenvalue weighted by Gasteiger charge is -2.24. The van der Waals surface area contributed by atoms with E-state index in [2.05, 4.69) is 34.7 Å². The van der Waals surface area contributed by atoms with Crippen LogP contribution in [0.25, 0.3) is 0 Å². The third-order valence-electron chi connectivity index (χ3n) is 4.02. The first-order chi connectivity index (χ1) is 15.5. The van der Waals surface area contributed by atoms with Gasteiger partial charge in [-0.1, -0.05) is 30.3 Å². The highest BCUT2D eigenvalue weighted by molar-refractivity contribution is 8.32. The van der Waals surface area contributed by atoms with Crippen molar-refractivity contribution in [2.75, 3.05) is 44.2 Å². The number of esters is 1. The SMILES string of the molecule is CS(C)(C)CCOC(=O)C[C@H](NC(=O)CNC(=O)CNC(=O)OCc1ccccc1)C(=O)O. The first-order valence-corrected chi connectivity index (χ1v) is 13.0. The normalized spacial score (nSPS) is 12.1. The monoisotopic (exact) mass is 485 g/mol. The third kappa shape index (κ3) is 13.7. The number of alkyl carbamates (subject to hydrolysis) is 1. The molecule has 1 rings (SSSR count). The van der Waals surface area contributed by atoms with Crippen LogP contribution in [-0.4, -0.2) is 85.2 Å². The standard InChI is InChI=1S/C21H31N3O8S/c1-33(2,3)10-9-31-19(27)11-16(20(28)29)24-18(26)13-22-17(25)12-23-21(30)32-14-15-7-5-4-6-8-15/h4-8,16H,9-14H2,1-3H3,(H,22,25)(H,23,30)(H,24,26)(H,28,29)/t16-/m0/s1. The molecule has 184 valence electrons. The maximum absolute atomic E-state index is 11.9. The van der Waals surface area contributed by atoms with Crippen LogP contribution in [-0.2, 0) is 35.3 Å². The number of aliphatic carboxylic acids is 1. The van der Waals surface area contributed by atoms with E-state index in [9.17, 15) is 29.1 Å². The number of carboxylic acid groups (broad SMARTS) is 1. The molecule has 11 nitrogen and oxygen atoms in total. The molecule has 12 heteroatoms. The van der Waals surface area contributed by atoms with Crippen LogP contribution in [0.5, 0.6) is 0 Å². The van der Waals surface area contributed by atoms with Crippen LogP contribution >= 0.6 is 10.0 Å². The summed E-state index contributed by atoms with van der Waals surface area (Å²) < 4.78 is 9.98. The van der Waals surface area contributed by atoms with E-state index >= 15 is 0 Å². The van der Waals surface area contributed by atoms with Crippen LogP contribution < -0.4 is 16.0 Å². The second-order valence-corrected chi connectivity index (χ2v) is 12.5. The molecule has 0 bridgehead atoms. The highest BCUT2D eigenvalue weighted by Crippen LogP contribution is 2.33. The van der Waals surface area contributed by atoms with Gasteiger partial charge >= 0.3 is 18.0 Å². The van der Waals surface area contributed by atoms with Gasteiger partial charge in [0, 0.05) is 5.75 Å². The molecule has 0 aliphatic carbocycles. The summed E-state index contributed by atoms with van der Waals surface area (Å²) in [5.74, 6) is -2.96. The summed E-state index contributed by atoms with van der Waals surface area (Å²) in [5, 5.41) is 15.8. The fraction of sp³-hybridized carbons (Fsp3) is 0.476. The minimum absolute atomic E-state index is 0.0348. The lowest BCUT2D eigenvalue weighted by molar-refractivity contribution is -0.150. The van der Waals surface area contributed by atoms with Gasteiger partial charge in [0.1, 0.15) is 19.2 Å². The Kier molecular flexibility index (Phi) is 11.8. The summed E-state index contributed by atoms with van der Waals surface area (Å²) >= 11 is 0. The number of rotatable bonds is 13. The minimum atomic E-state index is -1.49. The van der Waals surface area contributed by atoms with Crippen molar-refractivity contribution < 1.29 is 38.6 Å². The van der Waals surface area contributed by atoms with Crippen LogP contribution in [0.2, 0.25) is 0 Å². The Bertz CT molecular complexity index is 827. The van der Waals surface area contributed by atoms with Crippen molar-refractivity contribution >= 4 is 39.9 Å². The van der Waals surface area contributed by atoms with Crippen molar-refractivity contribution in [2.45, 2.75) is 19.1 Å². The van der Waals surface area contributed by atoms with Gasteiger partial charge in [-0.15, -0.1) is 0 Å². The van der Waals surface area contributed by atoms with Gasteiger partial charge in [0.05, 0.1) is 19.6 Å². The van der Waals surface area contributed by atoms with E-state index in [-0.39, 0.29) is 13.2 Å². The molecule has 0 radical (unpaired) electrons. The Hall–Kier alpha value is -3.28. The molecule has 0 saturated heterocycles. The molecule has 33 heavy (non-hydrogen) atoms. The van der Waals surface area contributed by atoms with Crippen molar-refractivity contribution in [2.24, 2.45) is 0 Å². The number of hydrogen-bond acceptors (Lipinski definition) is 7. The van der Waals surface area contributed by atoms with Crippen molar-refractivity contribution in [1.82, 2.24) is 16.0 Å². The molecule has 0 fully saturated rings. The van der Waals surface area contributed by atoms with Crippen molar-refractivity contribution in [3.05, 3.63) is 35.9 Å². The van der Waals surface area contributed by atoms with Gasteiger partial charge in [-0.2, -0.15) is 0 Å². The first kappa shape index (κ1) is 27.8. The van der Waals surface area contributed by atoms with Crippen molar-refractivity contribution in [3.63, 3.8) is 0 Å². The predicted molar refractivity (Wildman–Crippen MR) is 123 cm³/mol. The molecular weight excluding hydrogens is 454 g/mol. The second-order valence-electron chi connectivity index (χ2n) is 7.87. The van der Waals surface area contributed by atoms with Gasteiger partial charge in [-0.25, -0.2) is 19.6 Å². The van der Waals surface area contributed by atoms with Gasteiger partial charge in [-0.3, -0.25) is 14.4 Å². The van der Waals surface area contributed by atoms with Crippen LogP contribution in [0.4, 0.5) is 4.79 Å². The number of carboxylic acids is 1. The Morgan fingerprint density at radius 1 is 0.939 bits per heavy atom. The largest absolute Gasteiger partial charge is 0.480 e. The van der Waals surface area contributed by atoms with E-state index < -0.39 is 65.4 Å². The second kappa shape index (κ2) is 14.0. The number of benzene rings is 1. The Balaban J connectivity index is 2.29. The summed E-state index contributed by atoms with van der Waals surface area (Å²) in [6.07, 6.45) is 4.81. The number of hydrogen-bond donors (Lipinski definition) is 4. The summed E-state index contributed by atoms with van der Waals surface area (Å²) in [4.78, 5) is 58.5. The zero-order valence-electron chi connectivity index (χ0n) is 18.9. The van der Waals surface area contributed by atoms with E-state index in [0.717, 1.165) is 5.56 Å². The average Bonchev–Trinajstić information content (AvgIpc) is 2.74. The molecule has 0 saturated carbocycles. The number of nitrogens with one attached hydrogen (secondary N) is 3. The quantitative estimate of drug-likeness (QED) is 0.289.